The van der Waals surface area contributed by atoms with Crippen molar-refractivity contribution in [2.24, 2.45) is 0 Å². The number of para-hydroxylation sites is 1. The number of fused-ring (bicyclic) bond motifs is 1. The Morgan fingerprint density at radius 3 is 2.65 bits per heavy atom. The molecule has 1 aliphatic carbocycles. The number of hydrogen-bond donors (Lipinski definition) is 1. The number of ether oxygens (including phenoxy) is 1. The van der Waals surface area contributed by atoms with Gasteiger partial charge in [-0.1, -0.05) is 6.07 Å². The molecule has 1 aromatic heterocycles. The number of carbonyl (C=O) groups excluding carboxylic acids is 1. The first-order chi connectivity index (χ1) is 9.38. The molecular formula is C13H14N2O4S. The van der Waals surface area contributed by atoms with Crippen molar-refractivity contribution in [2.75, 3.05) is 13.4 Å². The molecule has 0 bridgehead atoms. The normalized spacial score (nSPS) is 17.1. The Labute approximate surface area is 116 Å². The van der Waals surface area contributed by atoms with Crippen molar-refractivity contribution in [3.63, 3.8) is 0 Å². The monoisotopic (exact) mass is 294 g/mol. The number of hydrogen-bond acceptors (Lipinski definition) is 5. The molecule has 7 heteroatoms. The van der Waals surface area contributed by atoms with Crippen LogP contribution in [-0.2, 0) is 24.8 Å². The van der Waals surface area contributed by atoms with Crippen molar-refractivity contribution in [3.8, 4) is 0 Å². The molecule has 0 radical (unpaired) electrons. The summed E-state index contributed by atoms with van der Waals surface area (Å²) >= 11 is 0. The highest BCUT2D eigenvalue weighted by atomic mass is 32.2. The van der Waals surface area contributed by atoms with Crippen LogP contribution in [0.5, 0.6) is 0 Å². The zero-order valence-electron chi connectivity index (χ0n) is 11.1. The fraction of sp³-hybridized carbons (Fsp3) is 0.385. The second-order valence-corrected chi connectivity index (χ2v) is 7.07. The number of carbonyl (C=O) groups is 1. The molecule has 1 saturated carbocycles. The van der Waals surface area contributed by atoms with Gasteiger partial charge in [-0.25, -0.2) is 13.4 Å². The van der Waals surface area contributed by atoms with Crippen LogP contribution in [0.4, 0.5) is 0 Å². The predicted octanol–water partition coefficient (Wildman–Crippen LogP) is 1.17. The molecule has 0 amide bonds. The summed E-state index contributed by atoms with van der Waals surface area (Å²) in [4.78, 5) is 19.4. The maximum atomic E-state index is 11.9. The highest BCUT2D eigenvalue weighted by Crippen LogP contribution is 2.48. The van der Waals surface area contributed by atoms with Crippen LogP contribution in [0.2, 0.25) is 0 Å². The zero-order chi connectivity index (χ0) is 14.5. The van der Waals surface area contributed by atoms with Crippen LogP contribution in [0.15, 0.2) is 23.1 Å². The van der Waals surface area contributed by atoms with Gasteiger partial charge in [-0.05, 0) is 25.0 Å². The fourth-order valence-corrected chi connectivity index (χ4v) is 3.22. The fourth-order valence-electron chi connectivity index (χ4n) is 2.39. The average Bonchev–Trinajstić information content (AvgIpc) is 3.09. The van der Waals surface area contributed by atoms with Crippen molar-refractivity contribution < 1.29 is 17.9 Å². The number of aromatic amines is 1. The molecule has 106 valence electrons. The Kier molecular flexibility index (Phi) is 2.66. The first-order valence-electron chi connectivity index (χ1n) is 6.16. The molecule has 0 aliphatic heterocycles. The Balaban J connectivity index is 2.20. The summed E-state index contributed by atoms with van der Waals surface area (Å²) in [6, 6.07) is 4.91. The van der Waals surface area contributed by atoms with Crippen LogP contribution < -0.4 is 0 Å². The van der Waals surface area contributed by atoms with Gasteiger partial charge in [-0.3, -0.25) is 4.79 Å². The third-order valence-corrected chi connectivity index (χ3v) is 4.78. The summed E-state index contributed by atoms with van der Waals surface area (Å²) in [6.45, 7) is 0. The molecule has 1 fully saturated rings. The van der Waals surface area contributed by atoms with E-state index in [1.165, 1.54) is 13.2 Å². The minimum Gasteiger partial charge on any atom is -0.468 e. The molecule has 0 saturated heterocycles. The topological polar surface area (TPSA) is 89.1 Å². The van der Waals surface area contributed by atoms with Crippen LogP contribution in [-0.4, -0.2) is 37.7 Å². The molecular weight excluding hydrogens is 280 g/mol. The zero-order valence-corrected chi connectivity index (χ0v) is 12.0. The summed E-state index contributed by atoms with van der Waals surface area (Å²) in [5.41, 5.74) is 0.251. The molecule has 1 N–H and O–H groups in total. The molecule has 20 heavy (non-hydrogen) atoms. The Bertz CT molecular complexity index is 803. The lowest BCUT2D eigenvalue weighted by atomic mass is 10.1. The molecule has 6 nitrogen and oxygen atoms in total. The average molecular weight is 294 g/mol. The first kappa shape index (κ1) is 13.1. The van der Waals surface area contributed by atoms with Crippen molar-refractivity contribution in [1.29, 1.82) is 0 Å². The van der Waals surface area contributed by atoms with Crippen molar-refractivity contribution in [3.05, 3.63) is 24.0 Å². The van der Waals surface area contributed by atoms with E-state index in [0.717, 1.165) is 6.26 Å². The Morgan fingerprint density at radius 1 is 1.40 bits per heavy atom. The lowest BCUT2D eigenvalue weighted by molar-refractivity contribution is -0.143. The van der Waals surface area contributed by atoms with E-state index in [0.29, 0.717) is 29.7 Å². The van der Waals surface area contributed by atoms with E-state index in [4.69, 9.17) is 4.74 Å². The third-order valence-electron chi connectivity index (χ3n) is 3.65. The molecule has 1 aliphatic rings. The molecule has 1 heterocycles. The number of sulfone groups is 1. The number of esters is 1. The maximum Gasteiger partial charge on any atom is 0.319 e. The van der Waals surface area contributed by atoms with Crippen LogP contribution in [0.25, 0.3) is 11.0 Å². The molecule has 0 unspecified atom stereocenters. The first-order valence-corrected chi connectivity index (χ1v) is 8.05. The number of H-pyrrole nitrogens is 1. The van der Waals surface area contributed by atoms with E-state index >= 15 is 0 Å². The van der Waals surface area contributed by atoms with E-state index in [9.17, 15) is 13.2 Å². The summed E-state index contributed by atoms with van der Waals surface area (Å²) in [6.07, 6.45) is 2.46. The molecule has 0 spiro atoms. The smallest absolute Gasteiger partial charge is 0.319 e. The third kappa shape index (κ3) is 1.81. The van der Waals surface area contributed by atoms with Crippen LogP contribution >= 0.6 is 0 Å². The van der Waals surface area contributed by atoms with Crippen LogP contribution in [0.3, 0.4) is 0 Å². The largest absolute Gasteiger partial charge is 0.468 e. The predicted molar refractivity (Wildman–Crippen MR) is 72.1 cm³/mol. The summed E-state index contributed by atoms with van der Waals surface area (Å²) in [5, 5.41) is 0. The number of imidazole rings is 1. The standard InChI is InChI=1S/C13H14N2O4S/c1-19-12(16)13(6-7-13)11-14-8-4-3-5-9(10(8)15-11)20(2,17)18/h3-5H,6-7H2,1-2H3,(H,14,15). The van der Waals surface area contributed by atoms with Gasteiger partial charge in [0.2, 0.25) is 0 Å². The number of nitrogens with zero attached hydrogens (tertiary/aromatic N) is 1. The lowest BCUT2D eigenvalue weighted by Crippen LogP contribution is -2.23. The van der Waals surface area contributed by atoms with Crippen molar-refractivity contribution in [1.82, 2.24) is 9.97 Å². The van der Waals surface area contributed by atoms with Crippen molar-refractivity contribution >= 4 is 26.8 Å². The molecule has 1 aromatic carbocycles. The highest BCUT2D eigenvalue weighted by molar-refractivity contribution is 7.91. The number of nitrogens with one attached hydrogen (secondary N) is 1. The Hall–Kier alpha value is -1.89. The van der Waals surface area contributed by atoms with E-state index in [1.807, 2.05) is 0 Å². The second-order valence-electron chi connectivity index (χ2n) is 5.08. The second kappa shape index (κ2) is 4.05. The molecule has 2 aromatic rings. The van der Waals surface area contributed by atoms with Gasteiger partial charge in [0.25, 0.3) is 0 Å². The van der Waals surface area contributed by atoms with E-state index in [1.54, 1.807) is 12.1 Å². The molecule has 3 rings (SSSR count). The maximum absolute atomic E-state index is 11.9. The van der Waals surface area contributed by atoms with Gasteiger partial charge in [0, 0.05) is 6.26 Å². The van der Waals surface area contributed by atoms with Crippen LogP contribution in [0.1, 0.15) is 18.7 Å². The highest BCUT2D eigenvalue weighted by Gasteiger charge is 2.55. The van der Waals surface area contributed by atoms with Gasteiger partial charge in [-0.15, -0.1) is 0 Å². The van der Waals surface area contributed by atoms with Gasteiger partial charge in [0.15, 0.2) is 9.84 Å². The summed E-state index contributed by atoms with van der Waals surface area (Å²) < 4.78 is 28.3. The number of benzene rings is 1. The van der Waals surface area contributed by atoms with Gasteiger partial charge < -0.3 is 9.72 Å². The quantitative estimate of drug-likeness (QED) is 0.858. The van der Waals surface area contributed by atoms with Crippen LogP contribution in [0, 0.1) is 0 Å². The number of methoxy groups -OCH3 is 1. The van der Waals surface area contributed by atoms with Gasteiger partial charge in [0.1, 0.15) is 16.8 Å². The number of rotatable bonds is 3. The molecule has 0 atom stereocenters. The van der Waals surface area contributed by atoms with Gasteiger partial charge >= 0.3 is 5.97 Å². The van der Waals surface area contributed by atoms with E-state index < -0.39 is 15.3 Å². The van der Waals surface area contributed by atoms with Crippen molar-refractivity contribution in [2.45, 2.75) is 23.2 Å². The minimum atomic E-state index is -3.37. The summed E-state index contributed by atoms with van der Waals surface area (Å²) in [7, 11) is -2.03. The Morgan fingerprint density at radius 2 is 2.10 bits per heavy atom. The van der Waals surface area contributed by atoms with E-state index in [2.05, 4.69) is 9.97 Å². The minimum absolute atomic E-state index is 0.165. The SMILES string of the molecule is COC(=O)C1(c2nc3c(S(C)(=O)=O)cccc3[nH]2)CC1. The lowest BCUT2D eigenvalue weighted by Gasteiger charge is -2.08. The van der Waals surface area contributed by atoms with E-state index in [-0.39, 0.29) is 10.9 Å². The number of aromatic nitrogens is 2. The van der Waals surface area contributed by atoms with Gasteiger partial charge in [0.05, 0.1) is 17.5 Å². The summed E-state index contributed by atoms with van der Waals surface area (Å²) in [5.74, 6) is 0.146. The van der Waals surface area contributed by atoms with Gasteiger partial charge in [-0.2, -0.15) is 0 Å².